The van der Waals surface area contributed by atoms with Crippen LogP contribution in [0.2, 0.25) is 0 Å². The molecule has 3 N–H and O–H groups in total. The fourth-order valence-corrected chi connectivity index (χ4v) is 2.42. The molecule has 0 saturated heterocycles. The van der Waals surface area contributed by atoms with E-state index in [1.54, 1.807) is 11.3 Å². The fourth-order valence-electron chi connectivity index (χ4n) is 1.73. The van der Waals surface area contributed by atoms with Crippen molar-refractivity contribution in [1.29, 1.82) is 0 Å². The largest absolute Gasteiger partial charge is 0.492 e. The maximum absolute atomic E-state index is 10.8. The van der Waals surface area contributed by atoms with Gasteiger partial charge in [-0.3, -0.25) is 10.1 Å². The highest BCUT2D eigenvalue weighted by Crippen LogP contribution is 2.24. The number of rotatable bonds is 6. The van der Waals surface area contributed by atoms with Gasteiger partial charge in [-0.15, -0.1) is 11.3 Å². The van der Waals surface area contributed by atoms with E-state index in [9.17, 15) is 10.1 Å². The van der Waals surface area contributed by atoms with Crippen LogP contribution in [0.3, 0.4) is 0 Å². The van der Waals surface area contributed by atoms with E-state index < -0.39 is 4.92 Å². The van der Waals surface area contributed by atoms with Crippen LogP contribution in [0, 0.1) is 10.1 Å². The zero-order chi connectivity index (χ0) is 15.2. The molecule has 7 nitrogen and oxygen atoms in total. The van der Waals surface area contributed by atoms with Crippen LogP contribution in [0.5, 0.6) is 5.75 Å². The Morgan fingerprint density at radius 2 is 2.29 bits per heavy atom. The van der Waals surface area contributed by atoms with Crippen LogP contribution < -0.4 is 10.5 Å². The predicted octanol–water partition coefficient (Wildman–Crippen LogP) is 2.37. The summed E-state index contributed by atoms with van der Waals surface area (Å²) in [6.07, 6.45) is 0.713. The Morgan fingerprint density at radius 1 is 1.48 bits per heavy atom. The Bertz CT molecular complexity index is 655. The van der Waals surface area contributed by atoms with E-state index in [4.69, 9.17) is 15.7 Å². The summed E-state index contributed by atoms with van der Waals surface area (Å²) in [4.78, 5) is 11.4. The Labute approximate surface area is 124 Å². The van der Waals surface area contributed by atoms with Gasteiger partial charge in [-0.25, -0.2) is 0 Å². The van der Waals surface area contributed by atoms with Crippen molar-refractivity contribution in [3.63, 3.8) is 0 Å². The second-order valence-corrected chi connectivity index (χ2v) is 5.13. The molecule has 2 rings (SSSR count). The van der Waals surface area contributed by atoms with E-state index in [1.807, 2.05) is 17.5 Å². The van der Waals surface area contributed by atoms with Gasteiger partial charge < -0.3 is 15.7 Å². The maximum atomic E-state index is 10.8. The molecule has 0 saturated carbocycles. The van der Waals surface area contributed by atoms with Gasteiger partial charge >= 0.3 is 0 Å². The third kappa shape index (κ3) is 3.69. The summed E-state index contributed by atoms with van der Waals surface area (Å²) in [5.41, 5.74) is 5.57. The van der Waals surface area contributed by atoms with Gasteiger partial charge in [0.25, 0.3) is 5.69 Å². The Balaban J connectivity index is 2.15. The van der Waals surface area contributed by atoms with Crippen molar-refractivity contribution < 1.29 is 14.9 Å². The molecule has 110 valence electrons. The van der Waals surface area contributed by atoms with Crippen LogP contribution in [-0.4, -0.2) is 22.6 Å². The highest BCUT2D eigenvalue weighted by Gasteiger charge is 2.15. The van der Waals surface area contributed by atoms with Crippen molar-refractivity contribution in [3.8, 4) is 5.75 Å². The van der Waals surface area contributed by atoms with E-state index in [1.165, 1.54) is 23.1 Å². The highest BCUT2D eigenvalue weighted by atomic mass is 32.1. The van der Waals surface area contributed by atoms with Crippen molar-refractivity contribution in [3.05, 3.63) is 56.3 Å². The second kappa shape index (κ2) is 6.71. The Kier molecular flexibility index (Phi) is 4.72. The first-order chi connectivity index (χ1) is 10.1. The van der Waals surface area contributed by atoms with Crippen LogP contribution in [0.15, 0.2) is 40.9 Å². The molecule has 2 aromatic rings. The average Bonchev–Trinajstić information content (AvgIpc) is 2.99. The van der Waals surface area contributed by atoms with Crippen LogP contribution in [0.25, 0.3) is 0 Å². The van der Waals surface area contributed by atoms with E-state index >= 15 is 0 Å². The molecule has 0 radical (unpaired) electrons. The predicted molar refractivity (Wildman–Crippen MR) is 79.1 cm³/mol. The summed E-state index contributed by atoms with van der Waals surface area (Å²) < 4.78 is 5.58. The third-order valence-corrected chi connectivity index (χ3v) is 3.68. The lowest BCUT2D eigenvalue weighted by Crippen LogP contribution is -2.15. The number of ether oxygens (including phenoxy) is 1. The number of nitro groups is 1. The molecule has 1 aromatic heterocycles. The molecule has 0 amide bonds. The molecule has 1 aromatic carbocycles. The lowest BCUT2D eigenvalue weighted by Gasteiger charge is -2.10. The number of benzene rings is 1. The van der Waals surface area contributed by atoms with E-state index in [-0.39, 0.29) is 17.1 Å². The molecular weight excluding hydrogens is 294 g/mol. The lowest BCUT2D eigenvalue weighted by molar-refractivity contribution is -0.384. The number of nitro benzene ring substituents is 1. The first-order valence-electron chi connectivity index (χ1n) is 6.03. The number of nitrogens with zero attached hydrogens (tertiary/aromatic N) is 2. The molecule has 8 heteroatoms. The lowest BCUT2D eigenvalue weighted by atomic mass is 10.1. The van der Waals surface area contributed by atoms with Gasteiger partial charge in [0.1, 0.15) is 5.75 Å². The van der Waals surface area contributed by atoms with Crippen LogP contribution in [-0.2, 0) is 6.42 Å². The van der Waals surface area contributed by atoms with Gasteiger partial charge in [-0.2, -0.15) is 0 Å². The molecule has 0 bridgehead atoms. The van der Waals surface area contributed by atoms with Crippen molar-refractivity contribution in [2.24, 2.45) is 10.9 Å². The van der Waals surface area contributed by atoms with Crippen LogP contribution in [0.1, 0.15) is 10.4 Å². The molecule has 0 spiro atoms. The number of thiophene rings is 1. The summed E-state index contributed by atoms with van der Waals surface area (Å²) in [5, 5.41) is 24.4. The number of oxime groups is 1. The van der Waals surface area contributed by atoms with Gasteiger partial charge in [-0.1, -0.05) is 11.2 Å². The normalized spacial score (nSPS) is 11.3. The minimum absolute atomic E-state index is 0.151. The number of amidine groups is 1. The smallest absolute Gasteiger partial charge is 0.270 e. The summed E-state index contributed by atoms with van der Waals surface area (Å²) in [5.74, 6) is 0.109. The Hall–Kier alpha value is -2.61. The maximum Gasteiger partial charge on any atom is 0.270 e. The SMILES string of the molecule is NC(=NO)c1cc([N+](=O)[O-])ccc1OCCc1cccs1. The number of nitrogens with two attached hydrogens (primary N) is 1. The summed E-state index contributed by atoms with van der Waals surface area (Å²) in [6, 6.07) is 7.92. The van der Waals surface area contributed by atoms with Gasteiger partial charge in [0.05, 0.1) is 17.1 Å². The molecule has 0 atom stereocenters. The van der Waals surface area contributed by atoms with Gasteiger partial charge in [0.2, 0.25) is 0 Å². The fraction of sp³-hybridized carbons (Fsp3) is 0.154. The summed E-state index contributed by atoms with van der Waals surface area (Å²) in [7, 11) is 0. The highest BCUT2D eigenvalue weighted by molar-refractivity contribution is 7.09. The molecule has 0 aliphatic rings. The Morgan fingerprint density at radius 3 is 2.90 bits per heavy atom. The summed E-state index contributed by atoms with van der Waals surface area (Å²) >= 11 is 1.62. The number of hydrogen-bond acceptors (Lipinski definition) is 6. The van der Waals surface area contributed by atoms with E-state index in [0.29, 0.717) is 18.8 Å². The summed E-state index contributed by atoms with van der Waals surface area (Å²) in [6.45, 7) is 0.393. The zero-order valence-electron chi connectivity index (χ0n) is 10.9. The van der Waals surface area contributed by atoms with Crippen LogP contribution >= 0.6 is 11.3 Å². The van der Waals surface area contributed by atoms with Gasteiger partial charge in [-0.05, 0) is 17.5 Å². The minimum Gasteiger partial charge on any atom is -0.492 e. The monoisotopic (exact) mass is 307 g/mol. The topological polar surface area (TPSA) is 111 Å². The van der Waals surface area contributed by atoms with Crippen molar-refractivity contribution in [1.82, 2.24) is 0 Å². The molecule has 0 unspecified atom stereocenters. The minimum atomic E-state index is -0.552. The molecule has 1 heterocycles. The molecule has 0 fully saturated rings. The first-order valence-corrected chi connectivity index (χ1v) is 6.91. The standard InChI is InChI=1S/C13H13N3O4S/c14-13(15-17)11-8-9(16(18)19)3-4-12(11)20-6-5-10-2-1-7-21-10/h1-4,7-8,17H,5-6H2,(H2,14,15). The molecular formula is C13H13N3O4S. The van der Waals surface area contributed by atoms with Gasteiger partial charge in [0.15, 0.2) is 5.84 Å². The third-order valence-electron chi connectivity index (χ3n) is 2.74. The second-order valence-electron chi connectivity index (χ2n) is 4.10. The number of hydrogen-bond donors (Lipinski definition) is 2. The van der Waals surface area contributed by atoms with E-state index in [2.05, 4.69) is 5.16 Å². The number of non-ortho nitro benzene ring substituents is 1. The van der Waals surface area contributed by atoms with Crippen molar-refractivity contribution >= 4 is 22.9 Å². The van der Waals surface area contributed by atoms with Gasteiger partial charge in [0, 0.05) is 23.4 Å². The quantitative estimate of drug-likeness (QED) is 0.280. The molecule has 0 aliphatic heterocycles. The average molecular weight is 307 g/mol. The first kappa shape index (κ1) is 14.8. The molecule has 21 heavy (non-hydrogen) atoms. The van der Waals surface area contributed by atoms with Crippen molar-refractivity contribution in [2.75, 3.05) is 6.61 Å². The molecule has 0 aliphatic carbocycles. The zero-order valence-corrected chi connectivity index (χ0v) is 11.7. The van der Waals surface area contributed by atoms with Crippen molar-refractivity contribution in [2.45, 2.75) is 6.42 Å². The van der Waals surface area contributed by atoms with E-state index in [0.717, 1.165) is 0 Å². The van der Waals surface area contributed by atoms with Crippen LogP contribution in [0.4, 0.5) is 5.69 Å².